The summed E-state index contributed by atoms with van der Waals surface area (Å²) in [5, 5.41) is 3.57. The van der Waals surface area contributed by atoms with Crippen molar-refractivity contribution in [2.24, 2.45) is 0 Å². The summed E-state index contributed by atoms with van der Waals surface area (Å²) in [6, 6.07) is 5.53. The van der Waals surface area contributed by atoms with Crippen LogP contribution in [0.1, 0.15) is 0 Å². The van der Waals surface area contributed by atoms with Crippen LogP contribution < -0.4 is 10.1 Å². The van der Waals surface area contributed by atoms with E-state index in [1.165, 1.54) is 6.20 Å². The third kappa shape index (κ3) is 3.04. The number of hydrogen-bond acceptors (Lipinski definition) is 4. The number of benzene rings is 1. The smallest absolute Gasteiger partial charge is 0.224 e. The molecule has 1 N–H and O–H groups in total. The highest BCUT2D eigenvalue weighted by Crippen LogP contribution is 2.30. The fourth-order valence-electron chi connectivity index (χ4n) is 1.31. The minimum Gasteiger partial charge on any atom is -0.495 e. The molecule has 2 rings (SSSR count). The van der Waals surface area contributed by atoms with E-state index in [2.05, 4.69) is 31.2 Å². The van der Waals surface area contributed by atoms with Gasteiger partial charge < -0.3 is 10.1 Å². The molecule has 0 aliphatic rings. The fraction of sp³-hybridized carbons (Fsp3) is 0.0909. The molecule has 4 nitrogen and oxygen atoms in total. The topological polar surface area (TPSA) is 47.0 Å². The van der Waals surface area contributed by atoms with E-state index in [1.807, 2.05) is 18.2 Å². The first-order valence-corrected chi connectivity index (χ1v) is 6.43. The van der Waals surface area contributed by atoms with Crippen LogP contribution in [0.4, 0.5) is 11.5 Å². The fourth-order valence-corrected chi connectivity index (χ4v) is 1.99. The number of aromatic nitrogens is 2. The van der Waals surface area contributed by atoms with Crippen molar-refractivity contribution < 1.29 is 4.74 Å². The first kappa shape index (κ1) is 13.4. The van der Waals surface area contributed by atoms with Gasteiger partial charge in [0.1, 0.15) is 10.8 Å². The van der Waals surface area contributed by atoms with E-state index in [0.29, 0.717) is 16.6 Å². The van der Waals surface area contributed by atoms with E-state index in [4.69, 9.17) is 27.9 Å². The van der Waals surface area contributed by atoms with Gasteiger partial charge in [0.15, 0.2) is 5.82 Å². The first-order valence-electron chi connectivity index (χ1n) is 4.89. The van der Waals surface area contributed by atoms with Gasteiger partial charge >= 0.3 is 0 Å². The van der Waals surface area contributed by atoms with E-state index in [-0.39, 0.29) is 5.28 Å². The molecule has 7 heteroatoms. The molecule has 0 aliphatic heterocycles. The van der Waals surface area contributed by atoms with E-state index >= 15 is 0 Å². The summed E-state index contributed by atoms with van der Waals surface area (Å²) in [7, 11) is 1.60. The lowest BCUT2D eigenvalue weighted by atomic mass is 10.3. The highest BCUT2D eigenvalue weighted by molar-refractivity contribution is 9.10. The summed E-state index contributed by atoms with van der Waals surface area (Å²) in [5.74, 6) is 1.15. The summed E-state index contributed by atoms with van der Waals surface area (Å²) >= 11 is 15.1. The molecule has 0 amide bonds. The van der Waals surface area contributed by atoms with Crippen molar-refractivity contribution in [1.82, 2.24) is 9.97 Å². The van der Waals surface area contributed by atoms with Crippen molar-refractivity contribution in [1.29, 1.82) is 0 Å². The Morgan fingerprint density at radius 2 is 2.11 bits per heavy atom. The Morgan fingerprint density at radius 1 is 1.33 bits per heavy atom. The van der Waals surface area contributed by atoms with Gasteiger partial charge in [-0.05, 0) is 39.7 Å². The van der Waals surface area contributed by atoms with Gasteiger partial charge in [-0.25, -0.2) is 4.98 Å². The minimum absolute atomic E-state index is 0.131. The van der Waals surface area contributed by atoms with Crippen LogP contribution in [0.15, 0.2) is 28.9 Å². The Morgan fingerprint density at radius 3 is 2.83 bits per heavy atom. The highest BCUT2D eigenvalue weighted by Gasteiger charge is 2.06. The van der Waals surface area contributed by atoms with Crippen LogP contribution in [0.25, 0.3) is 0 Å². The van der Waals surface area contributed by atoms with Crippen LogP contribution in [-0.2, 0) is 0 Å². The van der Waals surface area contributed by atoms with E-state index in [0.717, 1.165) is 10.2 Å². The molecular weight excluding hydrogens is 341 g/mol. The van der Waals surface area contributed by atoms with Gasteiger partial charge in [-0.15, -0.1) is 0 Å². The molecule has 1 aromatic heterocycles. The van der Waals surface area contributed by atoms with Crippen molar-refractivity contribution in [2.75, 3.05) is 12.4 Å². The number of nitrogens with zero attached hydrogens (tertiary/aromatic N) is 2. The molecule has 0 aliphatic carbocycles. The Kier molecular flexibility index (Phi) is 4.27. The molecule has 94 valence electrons. The molecule has 1 aromatic carbocycles. The Hall–Kier alpha value is -1.04. The molecular formula is C11H8BrCl2N3O. The van der Waals surface area contributed by atoms with Crippen molar-refractivity contribution in [3.8, 4) is 5.75 Å². The normalized spacial score (nSPS) is 10.2. The summed E-state index contributed by atoms with van der Waals surface area (Å²) in [6.07, 6.45) is 1.44. The zero-order chi connectivity index (χ0) is 13.1. The monoisotopic (exact) mass is 347 g/mol. The number of methoxy groups -OCH3 is 1. The number of ether oxygens (including phenoxy) is 1. The zero-order valence-electron chi connectivity index (χ0n) is 9.25. The van der Waals surface area contributed by atoms with Crippen molar-refractivity contribution in [3.05, 3.63) is 39.2 Å². The number of halogens is 3. The molecule has 0 radical (unpaired) electrons. The SMILES string of the molecule is COc1cc(Nc2nc(Cl)ncc2Cl)ccc1Br. The van der Waals surface area contributed by atoms with Gasteiger partial charge in [0.05, 0.1) is 17.8 Å². The lowest BCUT2D eigenvalue weighted by Gasteiger charge is -2.09. The molecule has 0 atom stereocenters. The van der Waals surface area contributed by atoms with Crippen LogP contribution in [0, 0.1) is 0 Å². The molecule has 18 heavy (non-hydrogen) atoms. The Balaban J connectivity index is 2.31. The van der Waals surface area contributed by atoms with Gasteiger partial charge in [-0.2, -0.15) is 4.98 Å². The second kappa shape index (κ2) is 5.73. The maximum absolute atomic E-state index is 5.96. The first-order chi connectivity index (χ1) is 8.60. The van der Waals surface area contributed by atoms with E-state index in [1.54, 1.807) is 7.11 Å². The number of rotatable bonds is 3. The Bertz CT molecular complexity index is 580. The molecule has 2 aromatic rings. The van der Waals surface area contributed by atoms with Gasteiger partial charge in [0.2, 0.25) is 5.28 Å². The van der Waals surface area contributed by atoms with Crippen LogP contribution in [0.3, 0.4) is 0 Å². The van der Waals surface area contributed by atoms with Crippen LogP contribution in [0.5, 0.6) is 5.75 Å². The lowest BCUT2D eigenvalue weighted by molar-refractivity contribution is 0.412. The molecule has 0 saturated heterocycles. The summed E-state index contributed by atoms with van der Waals surface area (Å²) in [5.41, 5.74) is 0.784. The van der Waals surface area contributed by atoms with Crippen molar-refractivity contribution >= 4 is 50.6 Å². The standard InChI is InChI=1S/C11H8BrCl2N3O/c1-18-9-4-6(2-3-7(9)12)16-10-8(13)5-15-11(14)17-10/h2-5H,1H3,(H,15,16,17). The average Bonchev–Trinajstić information content (AvgIpc) is 2.36. The predicted octanol–water partition coefficient (Wildman–Crippen LogP) is 4.30. The van der Waals surface area contributed by atoms with Gasteiger partial charge in [0.25, 0.3) is 0 Å². The van der Waals surface area contributed by atoms with Gasteiger partial charge in [-0.3, -0.25) is 0 Å². The van der Waals surface area contributed by atoms with Gasteiger partial charge in [-0.1, -0.05) is 11.6 Å². The largest absolute Gasteiger partial charge is 0.495 e. The van der Waals surface area contributed by atoms with Crippen molar-refractivity contribution in [3.63, 3.8) is 0 Å². The van der Waals surface area contributed by atoms with Gasteiger partial charge in [0, 0.05) is 11.8 Å². The molecule has 1 heterocycles. The van der Waals surface area contributed by atoms with Crippen molar-refractivity contribution in [2.45, 2.75) is 0 Å². The number of anilines is 2. The third-order valence-electron chi connectivity index (χ3n) is 2.13. The second-order valence-electron chi connectivity index (χ2n) is 3.31. The predicted molar refractivity (Wildman–Crippen MR) is 76.0 cm³/mol. The average molecular weight is 349 g/mol. The maximum Gasteiger partial charge on any atom is 0.224 e. The quantitative estimate of drug-likeness (QED) is 0.840. The third-order valence-corrected chi connectivity index (χ3v) is 3.24. The molecule has 0 bridgehead atoms. The summed E-state index contributed by atoms with van der Waals surface area (Å²) in [6.45, 7) is 0. The summed E-state index contributed by atoms with van der Waals surface area (Å²) < 4.78 is 6.06. The van der Waals surface area contributed by atoms with E-state index < -0.39 is 0 Å². The Labute approximate surface area is 122 Å². The van der Waals surface area contributed by atoms with E-state index in [9.17, 15) is 0 Å². The number of hydrogen-bond donors (Lipinski definition) is 1. The molecule has 0 spiro atoms. The lowest BCUT2D eigenvalue weighted by Crippen LogP contribution is -1.97. The maximum atomic E-state index is 5.96. The molecule has 0 saturated carbocycles. The summed E-state index contributed by atoms with van der Waals surface area (Å²) in [4.78, 5) is 7.78. The molecule has 0 unspecified atom stereocenters. The van der Waals surface area contributed by atoms with Crippen LogP contribution in [-0.4, -0.2) is 17.1 Å². The zero-order valence-corrected chi connectivity index (χ0v) is 12.3. The molecule has 0 fully saturated rings. The highest BCUT2D eigenvalue weighted by atomic mass is 79.9. The minimum atomic E-state index is 0.131. The number of nitrogens with one attached hydrogen (secondary N) is 1. The van der Waals surface area contributed by atoms with Crippen LogP contribution >= 0.6 is 39.1 Å². The second-order valence-corrected chi connectivity index (χ2v) is 4.91. The van der Waals surface area contributed by atoms with Crippen LogP contribution in [0.2, 0.25) is 10.3 Å².